The molecule has 0 unspecified atom stereocenters. The molecule has 0 spiro atoms. The average molecular weight is 439 g/mol. The maximum absolute atomic E-state index is 6.22. The van der Waals surface area contributed by atoms with E-state index in [2.05, 4.69) is 23.5 Å². The predicted octanol–water partition coefficient (Wildman–Crippen LogP) is 6.29. The molecule has 3 rings (SSSR count). The molecule has 0 atom stereocenters. The molecule has 0 saturated carbocycles. The maximum atomic E-state index is 6.22. The Kier molecular flexibility index (Phi) is 8.94. The molecule has 0 amide bonds. The van der Waals surface area contributed by atoms with E-state index in [0.717, 1.165) is 29.2 Å². The van der Waals surface area contributed by atoms with E-state index in [1.165, 1.54) is 5.56 Å². The first-order chi connectivity index (χ1) is 13.2. The van der Waals surface area contributed by atoms with Crippen LogP contribution < -0.4 is 14.8 Å². The van der Waals surface area contributed by atoms with Crippen molar-refractivity contribution in [3.63, 3.8) is 0 Å². The number of halogens is 3. The standard InChI is InChI=1S/C22H21Cl2NO2.ClH/c1-26-20-10-6-16(7-11-20)13-25-14-17-4-2-3-5-22(17)27-15-18-8-9-19(23)12-21(18)24;/h2-12,25H,13-15H2,1H3;1H. The molecule has 0 aliphatic carbocycles. The summed E-state index contributed by atoms with van der Waals surface area (Å²) >= 11 is 12.2. The van der Waals surface area contributed by atoms with Crippen LogP contribution in [0.5, 0.6) is 11.5 Å². The van der Waals surface area contributed by atoms with E-state index >= 15 is 0 Å². The van der Waals surface area contributed by atoms with Gasteiger partial charge in [0.15, 0.2) is 0 Å². The van der Waals surface area contributed by atoms with Gasteiger partial charge in [0.2, 0.25) is 0 Å². The first-order valence-corrected chi connectivity index (χ1v) is 9.39. The van der Waals surface area contributed by atoms with Gasteiger partial charge in [0.1, 0.15) is 18.1 Å². The molecule has 148 valence electrons. The van der Waals surface area contributed by atoms with Crippen molar-refractivity contribution in [1.82, 2.24) is 5.32 Å². The van der Waals surface area contributed by atoms with Crippen molar-refractivity contribution in [2.75, 3.05) is 7.11 Å². The Morgan fingerprint density at radius 2 is 1.61 bits per heavy atom. The van der Waals surface area contributed by atoms with Crippen LogP contribution in [0.15, 0.2) is 66.7 Å². The van der Waals surface area contributed by atoms with Crippen molar-refractivity contribution in [2.24, 2.45) is 0 Å². The number of methoxy groups -OCH3 is 1. The van der Waals surface area contributed by atoms with Crippen molar-refractivity contribution in [1.29, 1.82) is 0 Å². The fourth-order valence-electron chi connectivity index (χ4n) is 2.67. The molecule has 3 aromatic carbocycles. The molecule has 0 radical (unpaired) electrons. The van der Waals surface area contributed by atoms with Crippen LogP contribution in [0.1, 0.15) is 16.7 Å². The normalized spacial score (nSPS) is 10.2. The Bertz CT molecular complexity index is 885. The van der Waals surface area contributed by atoms with Crippen molar-refractivity contribution < 1.29 is 9.47 Å². The zero-order valence-electron chi connectivity index (χ0n) is 15.5. The summed E-state index contributed by atoms with van der Waals surface area (Å²) < 4.78 is 11.2. The van der Waals surface area contributed by atoms with Gasteiger partial charge in [-0.05, 0) is 35.9 Å². The lowest BCUT2D eigenvalue weighted by Gasteiger charge is -2.13. The third-order valence-corrected chi connectivity index (χ3v) is 4.76. The molecule has 3 aromatic rings. The van der Waals surface area contributed by atoms with E-state index in [1.54, 1.807) is 13.2 Å². The molecule has 0 saturated heterocycles. The Hall–Kier alpha value is -1.91. The highest BCUT2D eigenvalue weighted by Crippen LogP contribution is 2.24. The first kappa shape index (κ1) is 22.4. The van der Waals surface area contributed by atoms with E-state index in [0.29, 0.717) is 23.2 Å². The topological polar surface area (TPSA) is 30.5 Å². The lowest BCUT2D eigenvalue weighted by atomic mass is 10.1. The molecule has 3 nitrogen and oxygen atoms in total. The Morgan fingerprint density at radius 1 is 0.857 bits per heavy atom. The van der Waals surface area contributed by atoms with Gasteiger partial charge in [0.05, 0.1) is 7.11 Å². The quantitative estimate of drug-likeness (QED) is 0.448. The molecule has 0 heterocycles. The van der Waals surface area contributed by atoms with E-state index < -0.39 is 0 Å². The lowest BCUT2D eigenvalue weighted by molar-refractivity contribution is 0.302. The van der Waals surface area contributed by atoms with Gasteiger partial charge in [0.25, 0.3) is 0 Å². The van der Waals surface area contributed by atoms with Gasteiger partial charge in [-0.3, -0.25) is 0 Å². The number of hydrogen-bond acceptors (Lipinski definition) is 3. The van der Waals surface area contributed by atoms with E-state index in [9.17, 15) is 0 Å². The average Bonchev–Trinajstić information content (AvgIpc) is 2.69. The highest BCUT2D eigenvalue weighted by molar-refractivity contribution is 6.35. The third-order valence-electron chi connectivity index (χ3n) is 4.17. The fourth-order valence-corrected chi connectivity index (χ4v) is 3.13. The molecule has 0 aliphatic rings. The molecule has 0 aromatic heterocycles. The van der Waals surface area contributed by atoms with Crippen molar-refractivity contribution in [2.45, 2.75) is 19.7 Å². The summed E-state index contributed by atoms with van der Waals surface area (Å²) in [5, 5.41) is 4.67. The van der Waals surface area contributed by atoms with Gasteiger partial charge in [0, 0.05) is 34.3 Å². The van der Waals surface area contributed by atoms with Crippen LogP contribution in [0.2, 0.25) is 10.0 Å². The maximum Gasteiger partial charge on any atom is 0.124 e. The molecule has 1 N–H and O–H groups in total. The number of hydrogen-bond donors (Lipinski definition) is 1. The SMILES string of the molecule is COc1ccc(CNCc2ccccc2OCc2ccc(Cl)cc2Cl)cc1.Cl. The Labute approximate surface area is 182 Å². The fraction of sp³-hybridized carbons (Fsp3) is 0.182. The Morgan fingerprint density at radius 3 is 2.32 bits per heavy atom. The number of nitrogens with one attached hydrogen (secondary N) is 1. The van der Waals surface area contributed by atoms with Crippen molar-refractivity contribution in [3.8, 4) is 11.5 Å². The van der Waals surface area contributed by atoms with E-state index in [1.807, 2.05) is 42.5 Å². The summed E-state index contributed by atoms with van der Waals surface area (Å²) in [6, 6.07) is 21.4. The van der Waals surface area contributed by atoms with Crippen molar-refractivity contribution in [3.05, 3.63) is 93.5 Å². The molecular weight excluding hydrogens is 417 g/mol. The van der Waals surface area contributed by atoms with Crippen LogP contribution in [0.4, 0.5) is 0 Å². The van der Waals surface area contributed by atoms with E-state index in [4.69, 9.17) is 32.7 Å². The monoisotopic (exact) mass is 437 g/mol. The minimum atomic E-state index is 0. The largest absolute Gasteiger partial charge is 0.497 e. The zero-order chi connectivity index (χ0) is 19.1. The van der Waals surface area contributed by atoms with Crippen LogP contribution in [0, 0.1) is 0 Å². The highest BCUT2D eigenvalue weighted by atomic mass is 35.5. The predicted molar refractivity (Wildman–Crippen MR) is 118 cm³/mol. The second-order valence-corrected chi connectivity index (χ2v) is 6.93. The zero-order valence-corrected chi connectivity index (χ0v) is 17.8. The van der Waals surface area contributed by atoms with E-state index in [-0.39, 0.29) is 12.4 Å². The summed E-state index contributed by atoms with van der Waals surface area (Å²) in [7, 11) is 1.67. The van der Waals surface area contributed by atoms with Crippen LogP contribution in [-0.4, -0.2) is 7.11 Å². The van der Waals surface area contributed by atoms with Gasteiger partial charge in [-0.15, -0.1) is 12.4 Å². The molecular formula is C22H22Cl3NO2. The van der Waals surface area contributed by atoms with Crippen LogP contribution in [-0.2, 0) is 19.7 Å². The van der Waals surface area contributed by atoms with Gasteiger partial charge in [-0.2, -0.15) is 0 Å². The Balaban J connectivity index is 0.00000280. The highest BCUT2D eigenvalue weighted by Gasteiger charge is 2.06. The van der Waals surface area contributed by atoms with Gasteiger partial charge < -0.3 is 14.8 Å². The number of benzene rings is 3. The minimum absolute atomic E-state index is 0. The van der Waals surface area contributed by atoms with Gasteiger partial charge >= 0.3 is 0 Å². The molecule has 0 aliphatic heterocycles. The summed E-state index contributed by atoms with van der Waals surface area (Å²) in [5.74, 6) is 1.70. The molecule has 0 bridgehead atoms. The summed E-state index contributed by atoms with van der Waals surface area (Å²) in [5.41, 5.74) is 3.19. The first-order valence-electron chi connectivity index (χ1n) is 8.64. The second kappa shape index (κ2) is 11.2. The second-order valence-electron chi connectivity index (χ2n) is 6.08. The number of para-hydroxylation sites is 1. The van der Waals surface area contributed by atoms with Crippen LogP contribution in [0.3, 0.4) is 0 Å². The number of rotatable bonds is 8. The summed E-state index contributed by atoms with van der Waals surface area (Å²) in [6.07, 6.45) is 0. The molecule has 28 heavy (non-hydrogen) atoms. The van der Waals surface area contributed by atoms with Crippen LogP contribution in [0.25, 0.3) is 0 Å². The smallest absolute Gasteiger partial charge is 0.124 e. The molecule has 6 heteroatoms. The van der Waals surface area contributed by atoms with Crippen molar-refractivity contribution >= 4 is 35.6 Å². The lowest BCUT2D eigenvalue weighted by Crippen LogP contribution is -2.13. The minimum Gasteiger partial charge on any atom is -0.497 e. The van der Waals surface area contributed by atoms with Crippen LogP contribution >= 0.6 is 35.6 Å². The third kappa shape index (κ3) is 6.32. The van der Waals surface area contributed by atoms with Gasteiger partial charge in [-0.25, -0.2) is 0 Å². The number of ether oxygens (including phenoxy) is 2. The molecule has 0 fully saturated rings. The summed E-state index contributed by atoms with van der Waals surface area (Å²) in [4.78, 5) is 0. The summed E-state index contributed by atoms with van der Waals surface area (Å²) in [6.45, 7) is 1.86. The van der Waals surface area contributed by atoms with Gasteiger partial charge in [-0.1, -0.05) is 59.6 Å².